The van der Waals surface area contributed by atoms with Gasteiger partial charge in [-0.25, -0.2) is 8.78 Å². The van der Waals surface area contributed by atoms with Crippen LogP contribution in [0.25, 0.3) is 0 Å². The van der Waals surface area contributed by atoms with Crippen molar-refractivity contribution >= 4 is 23.1 Å². The Labute approximate surface area is 101 Å². The van der Waals surface area contributed by atoms with E-state index in [1.165, 1.54) is 0 Å². The molecule has 0 heterocycles. The van der Waals surface area contributed by atoms with E-state index in [9.17, 15) is 8.78 Å². The van der Waals surface area contributed by atoms with Crippen LogP contribution in [0.15, 0.2) is 24.3 Å². The topological polar surface area (TPSA) is 0 Å². The minimum Gasteiger partial charge on any atom is -1.00 e. The molecule has 0 aromatic heterocycles. The van der Waals surface area contributed by atoms with Crippen LogP contribution in [-0.2, 0) is 0 Å². The minimum absolute atomic E-state index is 0. The van der Waals surface area contributed by atoms with Crippen LogP contribution in [0.2, 0.25) is 0 Å². The number of hydrogen-bond acceptors (Lipinski definition) is 0. The molecule has 1 aromatic rings. The first kappa shape index (κ1) is 17.7. The maximum atomic E-state index is 11.9. The van der Waals surface area contributed by atoms with Crippen molar-refractivity contribution in [1.29, 1.82) is 0 Å². The van der Waals surface area contributed by atoms with Gasteiger partial charge in [0, 0.05) is 0 Å². The first-order valence-electron chi connectivity index (χ1n) is 2.20. The molecule has 0 fully saturated rings. The van der Waals surface area contributed by atoms with Crippen LogP contribution in [0, 0.1) is 11.6 Å². The van der Waals surface area contributed by atoms with Crippen molar-refractivity contribution in [2.75, 3.05) is 0 Å². The van der Waals surface area contributed by atoms with Gasteiger partial charge in [0.1, 0.15) is 11.6 Å². The van der Waals surface area contributed by atoms with Crippen LogP contribution in [0.1, 0.15) is 2.85 Å². The smallest absolute Gasteiger partial charge is 1.00 e. The second-order valence-electron chi connectivity index (χ2n) is 1.44. The van der Waals surface area contributed by atoms with Crippen LogP contribution in [0.5, 0.6) is 0 Å². The summed E-state index contributed by atoms with van der Waals surface area (Å²) < 4.78 is 23.8. The zero-order valence-corrected chi connectivity index (χ0v) is 8.32. The van der Waals surface area contributed by atoms with Gasteiger partial charge in [0.05, 0.1) is 0 Å². The van der Waals surface area contributed by atoms with Crippen LogP contribution in [0.4, 0.5) is 8.78 Å². The molecule has 0 unspecified atom stereocenters. The molecule has 0 aliphatic heterocycles. The van der Waals surface area contributed by atoms with Gasteiger partial charge in [0.25, 0.3) is 0 Å². The Morgan fingerprint density at radius 1 is 0.909 bits per heavy atom. The van der Waals surface area contributed by atoms with Gasteiger partial charge >= 0.3 is 41.9 Å². The molecule has 11 heavy (non-hydrogen) atoms. The summed E-state index contributed by atoms with van der Waals surface area (Å²) in [6, 6.07) is 4.31. The summed E-state index contributed by atoms with van der Waals surface area (Å²) in [5.41, 5.74) is 0. The normalized spacial score (nSPS) is 6.73. The van der Waals surface area contributed by atoms with E-state index in [1.54, 1.807) is 0 Å². The Balaban J connectivity index is -0.0000000427. The molecule has 0 amide bonds. The van der Waals surface area contributed by atoms with E-state index in [2.05, 4.69) is 0 Å². The predicted octanol–water partition coefficient (Wildman–Crippen LogP) is -4.18. The molecule has 0 N–H and O–H groups in total. The first-order valence-corrected chi connectivity index (χ1v) is 2.20. The fourth-order valence-corrected chi connectivity index (χ4v) is 0.430. The third-order valence-corrected chi connectivity index (χ3v) is 0.804. The van der Waals surface area contributed by atoms with Gasteiger partial charge < -0.3 is 15.3 Å². The number of benzene rings is 1. The molecule has 1 aromatic carbocycles. The summed E-state index contributed by atoms with van der Waals surface area (Å²) >= 11 is 0. The van der Waals surface area contributed by atoms with E-state index in [4.69, 9.17) is 0 Å². The van der Waals surface area contributed by atoms with Gasteiger partial charge in [-0.3, -0.25) is 0 Å². The van der Waals surface area contributed by atoms with Crippen LogP contribution in [-0.4, -0.2) is 23.1 Å². The van der Waals surface area contributed by atoms with Crippen LogP contribution >= 0.6 is 0 Å². The summed E-state index contributed by atoms with van der Waals surface area (Å²) in [5.74, 6) is -0.821. The maximum absolute atomic E-state index is 11.9. The van der Waals surface area contributed by atoms with E-state index >= 15 is 0 Å². The Hall–Kier alpha value is 0.734. The fraction of sp³-hybridized carbons (Fsp3) is 0. The molecule has 0 aliphatic rings. The van der Waals surface area contributed by atoms with E-state index in [0.29, 0.717) is 0 Å². The molecule has 5 heteroatoms. The largest absolute Gasteiger partial charge is 2.00 e. The molecular weight excluding hydrogens is 177 g/mol. The molecule has 0 aliphatic carbocycles. The average molecular weight is 183 g/mol. The first-order chi connectivity index (χ1) is 3.79. The SMILES string of the molecule is Fc1ccc(F)cc1.[Cl-].[H-].[H-].[Li+].[Mg+2]. The van der Waals surface area contributed by atoms with Crippen molar-refractivity contribution in [3.05, 3.63) is 35.9 Å². The summed E-state index contributed by atoms with van der Waals surface area (Å²) in [4.78, 5) is 0. The summed E-state index contributed by atoms with van der Waals surface area (Å²) in [5, 5.41) is 0. The molecule has 54 valence electrons. The maximum Gasteiger partial charge on any atom is 2.00 e. The monoisotopic (exact) mass is 182 g/mol. The zero-order valence-electron chi connectivity index (χ0n) is 8.15. The molecular formula is C6H6ClF2LiMg. The van der Waals surface area contributed by atoms with Crippen LogP contribution in [0.3, 0.4) is 0 Å². The quantitative estimate of drug-likeness (QED) is 0.358. The summed E-state index contributed by atoms with van der Waals surface area (Å²) in [6.07, 6.45) is 0. The number of hydrogen-bond donors (Lipinski definition) is 0. The molecule has 0 atom stereocenters. The van der Waals surface area contributed by atoms with E-state index in [1.807, 2.05) is 0 Å². The second kappa shape index (κ2) is 8.83. The van der Waals surface area contributed by atoms with Gasteiger partial charge in [-0.1, -0.05) is 0 Å². The van der Waals surface area contributed by atoms with Gasteiger partial charge in [0.2, 0.25) is 0 Å². The van der Waals surface area contributed by atoms with Gasteiger partial charge in [0.15, 0.2) is 0 Å². The molecule has 0 spiro atoms. The summed E-state index contributed by atoms with van der Waals surface area (Å²) in [7, 11) is 0. The molecule has 0 nitrogen and oxygen atoms in total. The van der Waals surface area contributed by atoms with E-state index < -0.39 is 11.6 Å². The number of rotatable bonds is 0. The molecule has 0 saturated carbocycles. The second-order valence-corrected chi connectivity index (χ2v) is 1.44. The molecule has 0 bridgehead atoms. The van der Waals surface area contributed by atoms with Crippen molar-refractivity contribution in [2.45, 2.75) is 0 Å². The van der Waals surface area contributed by atoms with Gasteiger partial charge in [-0.15, -0.1) is 0 Å². The Kier molecular flexibility index (Phi) is 14.2. The van der Waals surface area contributed by atoms with E-state index in [-0.39, 0.29) is 57.2 Å². The predicted molar refractivity (Wildman–Crippen MR) is 34.3 cm³/mol. The Morgan fingerprint density at radius 3 is 1.27 bits per heavy atom. The van der Waals surface area contributed by atoms with E-state index in [0.717, 1.165) is 24.3 Å². The molecule has 1 rings (SSSR count). The fourth-order valence-electron chi connectivity index (χ4n) is 0.430. The van der Waals surface area contributed by atoms with Gasteiger partial charge in [-0.2, -0.15) is 0 Å². The third-order valence-electron chi connectivity index (χ3n) is 0.804. The molecule has 0 radical (unpaired) electrons. The Bertz CT molecular complexity index is 167. The van der Waals surface area contributed by atoms with Crippen molar-refractivity contribution in [1.82, 2.24) is 0 Å². The number of halogens is 3. The zero-order chi connectivity index (χ0) is 5.98. The third kappa shape index (κ3) is 7.11. The van der Waals surface area contributed by atoms with Crippen molar-refractivity contribution in [3.63, 3.8) is 0 Å². The van der Waals surface area contributed by atoms with Crippen molar-refractivity contribution in [2.24, 2.45) is 0 Å². The van der Waals surface area contributed by atoms with Crippen molar-refractivity contribution in [3.8, 4) is 0 Å². The Morgan fingerprint density at radius 2 is 1.09 bits per heavy atom. The van der Waals surface area contributed by atoms with Crippen LogP contribution < -0.4 is 31.3 Å². The molecule has 0 saturated heterocycles. The average Bonchev–Trinajstić information content (AvgIpc) is 1.77. The standard InChI is InChI=1S/C6H4F2.ClH.Li.Mg.2H/c7-5-1-2-6(8)4-3-5;;;;;/h1-4H;1H;;;;/q;;+1;+2;2*-1/p-1. The summed E-state index contributed by atoms with van der Waals surface area (Å²) in [6.45, 7) is 0. The minimum atomic E-state index is -0.411. The van der Waals surface area contributed by atoms with Crippen molar-refractivity contribution < 1.29 is 42.9 Å². The van der Waals surface area contributed by atoms with Gasteiger partial charge in [-0.05, 0) is 24.3 Å².